The summed E-state index contributed by atoms with van der Waals surface area (Å²) >= 11 is 0. The van der Waals surface area contributed by atoms with E-state index < -0.39 is 11.8 Å². The number of carboxylic acids is 1. The van der Waals surface area contributed by atoms with E-state index in [1.165, 1.54) is 5.56 Å². The van der Waals surface area contributed by atoms with Crippen LogP contribution in [0, 0.1) is 0 Å². The van der Waals surface area contributed by atoms with Gasteiger partial charge >= 0.3 is 5.97 Å². The van der Waals surface area contributed by atoms with Crippen LogP contribution in [-0.4, -0.2) is 16.9 Å². The maximum atomic E-state index is 10.8. The van der Waals surface area contributed by atoms with Crippen molar-refractivity contribution in [1.82, 2.24) is 0 Å². The molecule has 0 heterocycles. The highest BCUT2D eigenvalue weighted by Gasteiger charge is 2.09. The molecule has 0 aliphatic carbocycles. The van der Waals surface area contributed by atoms with Crippen LogP contribution < -0.4 is 0 Å². The summed E-state index contributed by atoms with van der Waals surface area (Å²) < 4.78 is 0. The lowest BCUT2D eigenvalue weighted by Crippen LogP contribution is -2.11. The molecule has 1 rings (SSSR count). The molecule has 3 nitrogen and oxygen atoms in total. The predicted molar refractivity (Wildman–Crippen MR) is 70.5 cm³/mol. The van der Waals surface area contributed by atoms with Gasteiger partial charge in [-0.15, -0.1) is 0 Å². The van der Waals surface area contributed by atoms with Gasteiger partial charge in [0.2, 0.25) is 5.78 Å². The molecule has 0 bridgehead atoms. The Morgan fingerprint density at radius 3 is 2.17 bits per heavy atom. The van der Waals surface area contributed by atoms with Gasteiger partial charge in [-0.2, -0.15) is 0 Å². The Morgan fingerprint density at radius 2 is 1.50 bits per heavy atom. The summed E-state index contributed by atoms with van der Waals surface area (Å²) in [5.74, 6) is -1.97. The molecule has 0 fully saturated rings. The molecule has 0 aliphatic rings. The predicted octanol–water partition coefficient (Wildman–Crippen LogP) is 3.22. The van der Waals surface area contributed by atoms with Crippen molar-refractivity contribution < 1.29 is 14.7 Å². The fourth-order valence-corrected chi connectivity index (χ4v) is 1.90. The first kappa shape index (κ1) is 14.4. The number of rotatable bonds is 9. The number of unbranched alkanes of at least 4 members (excludes halogenated alkanes) is 4. The molecule has 1 aromatic rings. The highest BCUT2D eigenvalue weighted by molar-refractivity contribution is 6.32. The van der Waals surface area contributed by atoms with Crippen LogP contribution in [0.5, 0.6) is 0 Å². The van der Waals surface area contributed by atoms with Crippen LogP contribution in [0.3, 0.4) is 0 Å². The lowest BCUT2D eigenvalue weighted by Gasteiger charge is -2.01. The number of hydrogen-bond acceptors (Lipinski definition) is 2. The summed E-state index contributed by atoms with van der Waals surface area (Å²) in [6.07, 6.45) is 6.25. The Labute approximate surface area is 108 Å². The van der Waals surface area contributed by atoms with Gasteiger partial charge in [0.1, 0.15) is 0 Å². The first-order valence-corrected chi connectivity index (χ1v) is 6.50. The number of Topliss-reactive ketones (excluding diaryl/α,β-unsaturated/α-hetero) is 1. The van der Waals surface area contributed by atoms with Gasteiger partial charge in [-0.05, 0) is 24.8 Å². The minimum absolute atomic E-state index is 0.175. The van der Waals surface area contributed by atoms with Gasteiger partial charge in [0.25, 0.3) is 0 Å². The zero-order chi connectivity index (χ0) is 13.2. The largest absolute Gasteiger partial charge is 0.476 e. The molecule has 1 aromatic carbocycles. The molecule has 0 saturated heterocycles. The fourth-order valence-electron chi connectivity index (χ4n) is 1.90. The molecular formula is C15H20O3. The smallest absolute Gasteiger partial charge is 0.372 e. The summed E-state index contributed by atoms with van der Waals surface area (Å²) in [7, 11) is 0. The Hall–Kier alpha value is -1.64. The maximum absolute atomic E-state index is 10.8. The number of hydrogen-bond donors (Lipinski definition) is 1. The minimum Gasteiger partial charge on any atom is -0.476 e. The van der Waals surface area contributed by atoms with Crippen molar-refractivity contribution in [3.05, 3.63) is 35.9 Å². The van der Waals surface area contributed by atoms with Crippen molar-refractivity contribution >= 4 is 11.8 Å². The Bertz CT molecular complexity index is 371. The molecule has 0 spiro atoms. The van der Waals surface area contributed by atoms with E-state index in [4.69, 9.17) is 5.11 Å². The lowest BCUT2D eigenvalue weighted by molar-refractivity contribution is -0.149. The van der Waals surface area contributed by atoms with Crippen molar-refractivity contribution in [3.8, 4) is 0 Å². The van der Waals surface area contributed by atoms with Gasteiger partial charge in [-0.1, -0.05) is 49.6 Å². The van der Waals surface area contributed by atoms with Gasteiger partial charge in [0.15, 0.2) is 0 Å². The number of aryl methyl sites for hydroxylation is 1. The standard InChI is InChI=1S/C15H20O3/c16-14(15(17)18)12-8-3-1-2-5-9-13-10-6-4-7-11-13/h4,6-7,10-11H,1-3,5,8-9,12H2,(H,17,18). The quantitative estimate of drug-likeness (QED) is 0.539. The molecule has 3 heteroatoms. The third-order valence-corrected chi connectivity index (χ3v) is 2.95. The Balaban J connectivity index is 1.96. The number of benzene rings is 1. The monoisotopic (exact) mass is 248 g/mol. The normalized spacial score (nSPS) is 10.2. The summed E-state index contributed by atoms with van der Waals surface area (Å²) in [6.45, 7) is 0. The van der Waals surface area contributed by atoms with Crippen LogP contribution in [-0.2, 0) is 16.0 Å². The number of ketones is 1. The van der Waals surface area contributed by atoms with Crippen LogP contribution in [0.15, 0.2) is 30.3 Å². The maximum Gasteiger partial charge on any atom is 0.372 e. The zero-order valence-electron chi connectivity index (χ0n) is 10.6. The SMILES string of the molecule is O=C(O)C(=O)CCCCCCCc1ccccc1. The number of carboxylic acid groups (broad SMARTS) is 1. The zero-order valence-corrected chi connectivity index (χ0v) is 10.6. The van der Waals surface area contributed by atoms with E-state index >= 15 is 0 Å². The molecule has 0 radical (unpaired) electrons. The van der Waals surface area contributed by atoms with Crippen LogP contribution >= 0.6 is 0 Å². The van der Waals surface area contributed by atoms with Gasteiger partial charge in [-0.3, -0.25) is 4.79 Å². The van der Waals surface area contributed by atoms with Gasteiger partial charge in [0.05, 0.1) is 0 Å². The van der Waals surface area contributed by atoms with E-state index in [1.54, 1.807) is 0 Å². The summed E-state index contributed by atoms with van der Waals surface area (Å²) in [5.41, 5.74) is 1.36. The van der Waals surface area contributed by atoms with E-state index in [0.29, 0.717) is 6.42 Å². The van der Waals surface area contributed by atoms with Crippen LogP contribution in [0.4, 0.5) is 0 Å². The summed E-state index contributed by atoms with van der Waals surface area (Å²) in [5, 5.41) is 8.40. The van der Waals surface area contributed by atoms with Crippen LogP contribution in [0.25, 0.3) is 0 Å². The fraction of sp³-hybridized carbons (Fsp3) is 0.467. The second-order valence-corrected chi connectivity index (χ2v) is 4.48. The molecule has 0 saturated carbocycles. The molecule has 0 unspecified atom stereocenters. The molecule has 0 aromatic heterocycles. The van der Waals surface area contributed by atoms with Gasteiger partial charge in [0, 0.05) is 6.42 Å². The number of carbonyl (C=O) groups excluding carboxylic acids is 1. The molecule has 0 aliphatic heterocycles. The highest BCUT2D eigenvalue weighted by Crippen LogP contribution is 2.09. The molecule has 18 heavy (non-hydrogen) atoms. The third-order valence-electron chi connectivity index (χ3n) is 2.95. The van der Waals surface area contributed by atoms with Gasteiger partial charge in [-0.25, -0.2) is 4.79 Å². The van der Waals surface area contributed by atoms with E-state index in [9.17, 15) is 9.59 Å². The van der Waals surface area contributed by atoms with Crippen molar-refractivity contribution in [1.29, 1.82) is 0 Å². The molecule has 1 N–H and O–H groups in total. The number of aliphatic carboxylic acids is 1. The average Bonchev–Trinajstić information content (AvgIpc) is 2.38. The van der Waals surface area contributed by atoms with E-state index in [-0.39, 0.29) is 6.42 Å². The molecule has 98 valence electrons. The second kappa shape index (κ2) is 8.45. The first-order chi connectivity index (χ1) is 8.70. The number of carbonyl (C=O) groups is 2. The third kappa shape index (κ3) is 6.18. The molecular weight excluding hydrogens is 228 g/mol. The van der Waals surface area contributed by atoms with E-state index in [1.807, 2.05) is 18.2 Å². The van der Waals surface area contributed by atoms with Crippen molar-refractivity contribution in [2.45, 2.75) is 44.9 Å². The van der Waals surface area contributed by atoms with E-state index in [2.05, 4.69) is 12.1 Å². The van der Waals surface area contributed by atoms with Gasteiger partial charge < -0.3 is 5.11 Å². The summed E-state index contributed by atoms with van der Waals surface area (Å²) in [4.78, 5) is 21.1. The Kier molecular flexibility index (Phi) is 6.77. The topological polar surface area (TPSA) is 54.4 Å². The van der Waals surface area contributed by atoms with Crippen LogP contribution in [0.2, 0.25) is 0 Å². The van der Waals surface area contributed by atoms with E-state index in [0.717, 1.165) is 32.1 Å². The van der Waals surface area contributed by atoms with Crippen LogP contribution in [0.1, 0.15) is 44.1 Å². The highest BCUT2D eigenvalue weighted by atomic mass is 16.4. The van der Waals surface area contributed by atoms with Crippen molar-refractivity contribution in [2.75, 3.05) is 0 Å². The van der Waals surface area contributed by atoms with Crippen molar-refractivity contribution in [2.24, 2.45) is 0 Å². The first-order valence-electron chi connectivity index (χ1n) is 6.50. The Morgan fingerprint density at radius 1 is 0.889 bits per heavy atom. The van der Waals surface area contributed by atoms with Crippen molar-refractivity contribution in [3.63, 3.8) is 0 Å². The minimum atomic E-state index is -1.31. The summed E-state index contributed by atoms with van der Waals surface area (Å²) in [6, 6.07) is 10.4. The second-order valence-electron chi connectivity index (χ2n) is 4.48. The molecule has 0 amide bonds. The average molecular weight is 248 g/mol. The molecule has 0 atom stereocenters. The lowest BCUT2D eigenvalue weighted by atomic mass is 10.0.